The lowest BCUT2D eigenvalue weighted by atomic mass is 10.2. The Morgan fingerprint density at radius 2 is 1.95 bits per heavy atom. The second-order valence-corrected chi connectivity index (χ2v) is 5.31. The third-order valence-electron chi connectivity index (χ3n) is 3.60. The number of nitrogen functional groups attached to an aromatic ring is 1. The molecule has 2 rings (SSSR count). The van der Waals surface area contributed by atoms with Crippen LogP contribution in [0.3, 0.4) is 0 Å². The molecule has 0 radical (unpaired) electrons. The van der Waals surface area contributed by atoms with E-state index in [4.69, 9.17) is 5.73 Å². The van der Waals surface area contributed by atoms with Gasteiger partial charge in [0.05, 0.1) is 6.54 Å². The van der Waals surface area contributed by atoms with E-state index in [-0.39, 0.29) is 5.91 Å². The Bertz CT molecular complexity index is 437. The molecule has 0 aliphatic carbocycles. The summed E-state index contributed by atoms with van der Waals surface area (Å²) in [6.45, 7) is 4.52. The molecule has 1 amide bonds. The first kappa shape index (κ1) is 13.9. The summed E-state index contributed by atoms with van der Waals surface area (Å²) in [5, 5.41) is 2.96. The van der Waals surface area contributed by atoms with Crippen LogP contribution in [-0.4, -0.2) is 30.4 Å². The monoisotopic (exact) mass is 261 g/mol. The zero-order chi connectivity index (χ0) is 13.7. The van der Waals surface area contributed by atoms with Crippen molar-refractivity contribution in [1.82, 2.24) is 4.90 Å². The molecule has 4 heteroatoms. The van der Waals surface area contributed by atoms with Gasteiger partial charge in [0, 0.05) is 11.4 Å². The van der Waals surface area contributed by atoms with Gasteiger partial charge in [-0.2, -0.15) is 0 Å². The van der Waals surface area contributed by atoms with Gasteiger partial charge in [0.25, 0.3) is 0 Å². The lowest BCUT2D eigenvalue weighted by molar-refractivity contribution is -0.117. The van der Waals surface area contributed by atoms with Gasteiger partial charge in [-0.1, -0.05) is 18.9 Å². The Kier molecular flexibility index (Phi) is 4.80. The van der Waals surface area contributed by atoms with Crippen molar-refractivity contribution in [3.63, 3.8) is 0 Å². The van der Waals surface area contributed by atoms with Crippen molar-refractivity contribution in [2.75, 3.05) is 30.7 Å². The third-order valence-corrected chi connectivity index (χ3v) is 3.60. The van der Waals surface area contributed by atoms with Crippen molar-refractivity contribution >= 4 is 17.3 Å². The van der Waals surface area contributed by atoms with Gasteiger partial charge in [0.2, 0.25) is 5.91 Å². The van der Waals surface area contributed by atoms with E-state index >= 15 is 0 Å². The maximum absolute atomic E-state index is 12.1. The lowest BCUT2D eigenvalue weighted by Gasteiger charge is -2.19. The summed E-state index contributed by atoms with van der Waals surface area (Å²) in [4.78, 5) is 14.3. The molecule has 1 aromatic carbocycles. The summed E-state index contributed by atoms with van der Waals surface area (Å²) in [5.41, 5.74) is 8.28. The van der Waals surface area contributed by atoms with Crippen LogP contribution in [-0.2, 0) is 4.79 Å². The van der Waals surface area contributed by atoms with Crippen molar-refractivity contribution in [1.29, 1.82) is 0 Å². The minimum absolute atomic E-state index is 0.0515. The number of anilines is 2. The SMILES string of the molecule is Cc1ccc(N)cc1NC(=O)CN1CCCCCC1. The van der Waals surface area contributed by atoms with Crippen LogP contribution in [0.1, 0.15) is 31.2 Å². The molecule has 0 saturated carbocycles. The molecule has 0 aromatic heterocycles. The molecule has 0 spiro atoms. The Balaban J connectivity index is 1.91. The highest BCUT2D eigenvalue weighted by Gasteiger charge is 2.13. The van der Waals surface area contributed by atoms with Crippen molar-refractivity contribution < 1.29 is 4.79 Å². The van der Waals surface area contributed by atoms with Crippen LogP contribution < -0.4 is 11.1 Å². The highest BCUT2D eigenvalue weighted by Crippen LogP contribution is 2.18. The molecule has 1 aliphatic heterocycles. The Morgan fingerprint density at radius 3 is 2.63 bits per heavy atom. The predicted octanol–water partition coefficient (Wildman–Crippen LogP) is 2.39. The zero-order valence-electron chi connectivity index (χ0n) is 11.6. The molecule has 0 bridgehead atoms. The van der Waals surface area contributed by atoms with Gasteiger partial charge in [-0.25, -0.2) is 0 Å². The maximum atomic E-state index is 12.1. The van der Waals surface area contributed by atoms with Crippen LogP contribution in [0.25, 0.3) is 0 Å². The first-order valence-electron chi connectivity index (χ1n) is 7.03. The number of carbonyl (C=O) groups is 1. The van der Waals surface area contributed by atoms with E-state index in [9.17, 15) is 4.79 Å². The number of carbonyl (C=O) groups excluding carboxylic acids is 1. The Hall–Kier alpha value is -1.55. The minimum atomic E-state index is 0.0515. The number of nitrogens with two attached hydrogens (primary N) is 1. The van der Waals surface area contributed by atoms with Gasteiger partial charge >= 0.3 is 0 Å². The second-order valence-electron chi connectivity index (χ2n) is 5.31. The maximum Gasteiger partial charge on any atom is 0.238 e. The average molecular weight is 261 g/mol. The quantitative estimate of drug-likeness (QED) is 0.821. The van der Waals surface area contributed by atoms with Gasteiger partial charge in [-0.3, -0.25) is 9.69 Å². The first-order valence-corrected chi connectivity index (χ1v) is 7.03. The van der Waals surface area contributed by atoms with Crippen LogP contribution in [0.15, 0.2) is 18.2 Å². The zero-order valence-corrected chi connectivity index (χ0v) is 11.6. The van der Waals surface area contributed by atoms with E-state index in [0.29, 0.717) is 12.2 Å². The van der Waals surface area contributed by atoms with E-state index in [0.717, 1.165) is 24.3 Å². The fourth-order valence-corrected chi connectivity index (χ4v) is 2.46. The molecule has 3 N–H and O–H groups in total. The second kappa shape index (κ2) is 6.57. The minimum Gasteiger partial charge on any atom is -0.399 e. The van der Waals surface area contributed by atoms with Crippen LogP contribution in [0.5, 0.6) is 0 Å². The first-order chi connectivity index (χ1) is 9.15. The normalized spacial score (nSPS) is 16.9. The number of hydrogen-bond donors (Lipinski definition) is 2. The molecular formula is C15H23N3O. The summed E-state index contributed by atoms with van der Waals surface area (Å²) in [6, 6.07) is 5.59. The molecule has 1 heterocycles. The number of hydrogen-bond acceptors (Lipinski definition) is 3. The van der Waals surface area contributed by atoms with Crippen molar-refractivity contribution in [3.05, 3.63) is 23.8 Å². The smallest absolute Gasteiger partial charge is 0.238 e. The summed E-state index contributed by atoms with van der Waals surface area (Å²) in [5.74, 6) is 0.0515. The standard InChI is InChI=1S/C15H23N3O/c1-12-6-7-13(16)10-14(12)17-15(19)11-18-8-4-2-3-5-9-18/h6-7,10H,2-5,8-9,11,16H2,1H3,(H,17,19). The summed E-state index contributed by atoms with van der Waals surface area (Å²) in [7, 11) is 0. The number of nitrogens with zero attached hydrogens (tertiary/aromatic N) is 1. The largest absolute Gasteiger partial charge is 0.399 e. The molecule has 1 fully saturated rings. The Labute approximate surface area is 115 Å². The average Bonchev–Trinajstić information content (AvgIpc) is 2.62. The molecular weight excluding hydrogens is 238 g/mol. The van der Waals surface area contributed by atoms with Gasteiger partial charge in [0.1, 0.15) is 0 Å². The molecule has 104 valence electrons. The third kappa shape index (κ3) is 4.24. The molecule has 4 nitrogen and oxygen atoms in total. The van der Waals surface area contributed by atoms with Gasteiger partial charge in [0.15, 0.2) is 0 Å². The fourth-order valence-electron chi connectivity index (χ4n) is 2.46. The van der Waals surface area contributed by atoms with Gasteiger partial charge in [-0.15, -0.1) is 0 Å². The highest BCUT2D eigenvalue weighted by atomic mass is 16.2. The Morgan fingerprint density at radius 1 is 1.26 bits per heavy atom. The fraction of sp³-hybridized carbons (Fsp3) is 0.533. The van der Waals surface area contributed by atoms with E-state index in [1.807, 2.05) is 25.1 Å². The van der Waals surface area contributed by atoms with Crippen LogP contribution in [0.4, 0.5) is 11.4 Å². The summed E-state index contributed by atoms with van der Waals surface area (Å²) < 4.78 is 0. The van der Waals surface area contributed by atoms with Crippen molar-refractivity contribution in [2.24, 2.45) is 0 Å². The van der Waals surface area contributed by atoms with Crippen molar-refractivity contribution in [3.8, 4) is 0 Å². The number of nitrogens with one attached hydrogen (secondary N) is 1. The summed E-state index contributed by atoms with van der Waals surface area (Å²) >= 11 is 0. The molecule has 1 saturated heterocycles. The predicted molar refractivity (Wildman–Crippen MR) is 79.1 cm³/mol. The van der Waals surface area contributed by atoms with Crippen LogP contribution in [0, 0.1) is 6.92 Å². The number of aryl methyl sites for hydroxylation is 1. The molecule has 1 aliphatic rings. The van der Waals surface area contributed by atoms with E-state index in [2.05, 4.69) is 10.2 Å². The molecule has 0 atom stereocenters. The lowest BCUT2D eigenvalue weighted by Crippen LogP contribution is -2.34. The summed E-state index contributed by atoms with van der Waals surface area (Å²) in [6.07, 6.45) is 4.97. The topological polar surface area (TPSA) is 58.4 Å². The van der Waals surface area contributed by atoms with Crippen molar-refractivity contribution in [2.45, 2.75) is 32.6 Å². The van der Waals surface area contributed by atoms with Crippen LogP contribution >= 0.6 is 0 Å². The van der Waals surface area contributed by atoms with Gasteiger partial charge in [-0.05, 0) is 50.6 Å². The van der Waals surface area contributed by atoms with E-state index in [1.165, 1.54) is 25.7 Å². The van der Waals surface area contributed by atoms with Gasteiger partial charge < -0.3 is 11.1 Å². The molecule has 1 aromatic rings. The number of likely N-dealkylation sites (tertiary alicyclic amines) is 1. The number of amides is 1. The van der Waals surface area contributed by atoms with Crippen LogP contribution in [0.2, 0.25) is 0 Å². The highest BCUT2D eigenvalue weighted by molar-refractivity contribution is 5.93. The van der Waals surface area contributed by atoms with E-state index in [1.54, 1.807) is 0 Å². The van der Waals surface area contributed by atoms with E-state index < -0.39 is 0 Å². The number of rotatable bonds is 3. The molecule has 19 heavy (non-hydrogen) atoms. The number of benzene rings is 1. The molecule has 0 unspecified atom stereocenters.